The molecule has 0 spiro atoms. The van der Waals surface area contributed by atoms with Gasteiger partial charge >= 0.3 is 0 Å². The molecule has 1 heterocycles. The summed E-state index contributed by atoms with van der Waals surface area (Å²) < 4.78 is 26.5. The Morgan fingerprint density at radius 2 is 1.94 bits per heavy atom. The maximum absolute atomic E-state index is 13.4. The van der Waals surface area contributed by atoms with Gasteiger partial charge in [0, 0.05) is 19.2 Å². The summed E-state index contributed by atoms with van der Waals surface area (Å²) in [4.78, 5) is 15.0. The number of carbonyl (C=O) groups is 1. The van der Waals surface area contributed by atoms with Crippen molar-refractivity contribution < 1.29 is 13.6 Å². The summed E-state index contributed by atoms with van der Waals surface area (Å²) in [6, 6.07) is 0.708. The van der Waals surface area contributed by atoms with E-state index in [-0.39, 0.29) is 30.1 Å². The van der Waals surface area contributed by atoms with Crippen LogP contribution in [0.15, 0.2) is 6.07 Å². The highest BCUT2D eigenvalue weighted by Crippen LogP contribution is 2.18. The Labute approximate surface area is 104 Å². The van der Waals surface area contributed by atoms with Gasteiger partial charge in [0.2, 0.25) is 5.91 Å². The first-order chi connectivity index (χ1) is 8.43. The fourth-order valence-electron chi connectivity index (χ4n) is 1.30. The van der Waals surface area contributed by atoms with Gasteiger partial charge in [0.25, 0.3) is 0 Å². The molecule has 0 saturated carbocycles. The number of anilines is 2. The molecule has 0 bridgehead atoms. The van der Waals surface area contributed by atoms with Crippen LogP contribution >= 0.6 is 0 Å². The lowest BCUT2D eigenvalue weighted by molar-refractivity contribution is -0.119. The minimum atomic E-state index is -0.844. The van der Waals surface area contributed by atoms with E-state index in [4.69, 9.17) is 0 Å². The van der Waals surface area contributed by atoms with Crippen molar-refractivity contribution in [2.24, 2.45) is 0 Å². The molecule has 0 saturated heterocycles. The smallest absolute Gasteiger partial charge is 0.239 e. The molecular formula is C11H16F2N4O. The summed E-state index contributed by atoms with van der Waals surface area (Å²) in [5.41, 5.74) is 0. The summed E-state index contributed by atoms with van der Waals surface area (Å²) in [5.74, 6) is -2.17. The molecule has 0 aliphatic heterocycles. The molecule has 5 nitrogen and oxygen atoms in total. The van der Waals surface area contributed by atoms with E-state index in [9.17, 15) is 13.6 Å². The van der Waals surface area contributed by atoms with Crippen molar-refractivity contribution in [2.45, 2.75) is 19.9 Å². The molecule has 0 aromatic carbocycles. The van der Waals surface area contributed by atoms with Crippen LogP contribution in [0.1, 0.15) is 13.8 Å². The van der Waals surface area contributed by atoms with E-state index in [1.165, 1.54) is 7.05 Å². The predicted molar refractivity (Wildman–Crippen MR) is 65.5 cm³/mol. The van der Waals surface area contributed by atoms with Crippen molar-refractivity contribution in [3.63, 3.8) is 0 Å². The number of pyridine rings is 1. The first kappa shape index (κ1) is 14.1. The van der Waals surface area contributed by atoms with E-state index in [0.717, 1.165) is 0 Å². The number of rotatable bonds is 5. The molecule has 1 amide bonds. The van der Waals surface area contributed by atoms with E-state index < -0.39 is 11.6 Å². The van der Waals surface area contributed by atoms with Gasteiger partial charge in [0.1, 0.15) is 0 Å². The lowest BCUT2D eigenvalue weighted by atomic mass is 10.3. The van der Waals surface area contributed by atoms with Crippen molar-refractivity contribution >= 4 is 17.5 Å². The number of amides is 1. The average Bonchev–Trinajstić information content (AvgIpc) is 2.27. The summed E-state index contributed by atoms with van der Waals surface area (Å²) >= 11 is 0. The number of aromatic nitrogens is 1. The molecule has 1 aromatic rings. The zero-order valence-electron chi connectivity index (χ0n) is 10.5. The van der Waals surface area contributed by atoms with Crippen LogP contribution in [0, 0.1) is 11.6 Å². The molecule has 0 fully saturated rings. The van der Waals surface area contributed by atoms with Crippen molar-refractivity contribution in [3.8, 4) is 0 Å². The second-order valence-corrected chi connectivity index (χ2v) is 3.97. The largest absolute Gasteiger partial charge is 0.371 e. The Balaban J connectivity index is 2.70. The Morgan fingerprint density at radius 3 is 2.50 bits per heavy atom. The Kier molecular flexibility index (Phi) is 4.82. The quantitative estimate of drug-likeness (QED) is 0.745. The second-order valence-electron chi connectivity index (χ2n) is 3.97. The third-order valence-electron chi connectivity index (χ3n) is 2.03. The second kappa shape index (κ2) is 6.13. The fraction of sp³-hybridized carbons (Fsp3) is 0.455. The highest BCUT2D eigenvalue weighted by atomic mass is 19.1. The van der Waals surface area contributed by atoms with Gasteiger partial charge in [-0.2, -0.15) is 0 Å². The van der Waals surface area contributed by atoms with Crippen LogP contribution < -0.4 is 16.0 Å². The fourth-order valence-corrected chi connectivity index (χ4v) is 1.30. The lowest BCUT2D eigenvalue weighted by Gasteiger charge is -2.11. The van der Waals surface area contributed by atoms with E-state index in [1.807, 2.05) is 13.8 Å². The molecule has 1 rings (SSSR count). The summed E-state index contributed by atoms with van der Waals surface area (Å²) in [5, 5.41) is 7.64. The van der Waals surface area contributed by atoms with Gasteiger partial charge < -0.3 is 16.0 Å². The summed E-state index contributed by atoms with van der Waals surface area (Å²) in [7, 11) is 1.47. The normalized spacial score (nSPS) is 10.3. The number of halogens is 2. The maximum atomic E-state index is 13.4. The first-order valence-corrected chi connectivity index (χ1v) is 5.51. The molecule has 3 N–H and O–H groups in total. The topological polar surface area (TPSA) is 66.0 Å². The minimum absolute atomic E-state index is 0.00167. The average molecular weight is 258 g/mol. The van der Waals surface area contributed by atoms with E-state index >= 15 is 0 Å². The van der Waals surface area contributed by atoms with Gasteiger partial charge in [-0.25, -0.2) is 13.8 Å². The van der Waals surface area contributed by atoms with Crippen LogP contribution in [0.2, 0.25) is 0 Å². The van der Waals surface area contributed by atoms with Crippen LogP contribution in [0.25, 0.3) is 0 Å². The first-order valence-electron chi connectivity index (χ1n) is 5.51. The number of nitrogens with one attached hydrogen (secondary N) is 3. The molecule has 0 aliphatic rings. The molecule has 0 unspecified atom stereocenters. The molecule has 7 heteroatoms. The molecular weight excluding hydrogens is 242 g/mol. The van der Waals surface area contributed by atoms with Crippen LogP contribution in [0.4, 0.5) is 20.4 Å². The van der Waals surface area contributed by atoms with Gasteiger partial charge in [-0.05, 0) is 13.8 Å². The summed E-state index contributed by atoms with van der Waals surface area (Å²) in [6.07, 6.45) is 0. The van der Waals surface area contributed by atoms with Crippen LogP contribution in [-0.2, 0) is 4.79 Å². The zero-order valence-corrected chi connectivity index (χ0v) is 10.5. The number of nitrogens with zero attached hydrogens (tertiary/aromatic N) is 1. The Morgan fingerprint density at radius 1 is 1.33 bits per heavy atom. The monoisotopic (exact) mass is 258 g/mol. The van der Waals surface area contributed by atoms with Crippen molar-refractivity contribution in [2.75, 3.05) is 24.2 Å². The SMILES string of the molecule is CNc1nc(NCC(=O)NC(C)C)c(F)cc1F. The van der Waals surface area contributed by atoms with E-state index in [1.54, 1.807) is 0 Å². The van der Waals surface area contributed by atoms with Crippen LogP contribution in [0.3, 0.4) is 0 Å². The van der Waals surface area contributed by atoms with Crippen molar-refractivity contribution in [1.29, 1.82) is 0 Å². The molecule has 0 atom stereocenters. The minimum Gasteiger partial charge on any atom is -0.371 e. The van der Waals surface area contributed by atoms with Crippen molar-refractivity contribution in [1.82, 2.24) is 10.3 Å². The molecule has 100 valence electrons. The van der Waals surface area contributed by atoms with E-state index in [2.05, 4.69) is 20.9 Å². The lowest BCUT2D eigenvalue weighted by Crippen LogP contribution is -2.35. The zero-order chi connectivity index (χ0) is 13.7. The number of carbonyl (C=O) groups excluding carboxylic acids is 1. The standard InChI is InChI=1S/C11H16F2N4O/c1-6(2)16-9(18)5-15-11-8(13)4-7(12)10(14-3)17-11/h4,6H,5H2,1-3H3,(H,16,18)(H2,14,15,17). The molecule has 0 aliphatic carbocycles. The van der Waals surface area contributed by atoms with Gasteiger partial charge in [0.15, 0.2) is 23.3 Å². The van der Waals surface area contributed by atoms with Gasteiger partial charge in [-0.15, -0.1) is 0 Å². The number of hydrogen-bond donors (Lipinski definition) is 3. The predicted octanol–water partition coefficient (Wildman–Crippen LogP) is 1.34. The summed E-state index contributed by atoms with van der Waals surface area (Å²) in [6.45, 7) is 3.50. The third-order valence-corrected chi connectivity index (χ3v) is 2.03. The van der Waals surface area contributed by atoms with Gasteiger partial charge in [0.05, 0.1) is 6.54 Å². The molecule has 1 aromatic heterocycles. The highest BCUT2D eigenvalue weighted by Gasteiger charge is 2.12. The van der Waals surface area contributed by atoms with Crippen molar-refractivity contribution in [3.05, 3.63) is 17.7 Å². The molecule has 0 radical (unpaired) electrons. The Hall–Kier alpha value is -1.92. The van der Waals surface area contributed by atoms with Crippen LogP contribution in [0.5, 0.6) is 0 Å². The van der Waals surface area contributed by atoms with E-state index in [0.29, 0.717) is 6.07 Å². The van der Waals surface area contributed by atoms with Gasteiger partial charge in [-0.1, -0.05) is 0 Å². The highest BCUT2D eigenvalue weighted by molar-refractivity contribution is 5.80. The number of hydrogen-bond acceptors (Lipinski definition) is 4. The Bertz CT molecular complexity index is 437. The maximum Gasteiger partial charge on any atom is 0.239 e. The molecule has 18 heavy (non-hydrogen) atoms. The van der Waals surface area contributed by atoms with Gasteiger partial charge in [-0.3, -0.25) is 4.79 Å². The third kappa shape index (κ3) is 3.83. The van der Waals surface area contributed by atoms with Crippen LogP contribution in [-0.4, -0.2) is 30.5 Å².